The van der Waals surface area contributed by atoms with Crippen molar-refractivity contribution >= 4 is 71.0 Å². The maximum Gasteiger partial charge on any atom is 0.326 e. The topological polar surface area (TPSA) is 434 Å². The van der Waals surface area contributed by atoms with Crippen molar-refractivity contribution < 1.29 is 83.4 Å². The average Bonchev–Trinajstić information content (AvgIpc) is 3.78. The zero-order valence-corrected chi connectivity index (χ0v) is 40.8. The lowest BCUT2D eigenvalue weighted by Crippen LogP contribution is -2.53. The zero-order chi connectivity index (χ0) is 54.1. The lowest BCUT2D eigenvalue weighted by atomic mass is 9.91. The highest BCUT2D eigenvalue weighted by Crippen LogP contribution is 2.19. The molecule has 0 saturated carbocycles. The van der Waals surface area contributed by atoms with Crippen LogP contribution in [0.25, 0.3) is 0 Å². The number of ketones is 2. The van der Waals surface area contributed by atoms with Gasteiger partial charge in [0.2, 0.25) is 23.6 Å². The van der Waals surface area contributed by atoms with E-state index in [0.717, 1.165) is 0 Å². The number of aliphatic hydroxyl groups excluding tert-OH is 1. The number of hydrogen-bond acceptors (Lipinski definition) is 20. The summed E-state index contributed by atoms with van der Waals surface area (Å²) in [6.45, 7) is 1.17. The molecule has 0 unspecified atom stereocenters. The fraction of sp³-hybridized carbons (Fsp3) is 0.727. The van der Waals surface area contributed by atoms with Gasteiger partial charge in [0.05, 0.1) is 61.9 Å². The van der Waals surface area contributed by atoms with Crippen molar-refractivity contribution in [2.75, 3.05) is 105 Å². The molecule has 0 spiro atoms. The van der Waals surface area contributed by atoms with Gasteiger partial charge in [0.25, 0.3) is 0 Å². The molecule has 2 saturated heterocycles. The number of rotatable bonds is 30. The molecule has 0 aromatic carbocycles. The number of aliphatic hydroxyl groups is 1. The molecule has 10 N–H and O–H groups in total. The maximum absolute atomic E-state index is 13.8. The number of nitrogens with zero attached hydrogens (tertiary/aromatic N) is 6. The fourth-order valence-corrected chi connectivity index (χ4v) is 8.21. The van der Waals surface area contributed by atoms with Gasteiger partial charge in [-0.25, -0.2) is 4.79 Å². The molecule has 0 radical (unpaired) electrons. The summed E-state index contributed by atoms with van der Waals surface area (Å²) in [7, 11) is 0. The number of guanidine groups is 1. The number of nitrogens with two attached hydrogens (primary N) is 2. The molecule has 2 aliphatic heterocycles. The molecule has 0 aromatic rings. The first-order chi connectivity index (χ1) is 33.9. The Labute approximate surface area is 416 Å². The minimum absolute atomic E-state index is 0.0000993. The van der Waals surface area contributed by atoms with Gasteiger partial charge in [-0.2, -0.15) is 0 Å². The number of carboxylic acid groups (broad SMARTS) is 5. The SMILES string of the molecule is CC(C)C[C@H](NC(=O)[C@H](CC(=O)O)CC(=O)CNC(=O)[C@@H]1CCCN1C(=O)CN1CCN(CC(=O)[O-])CCN(CC(=O)[O-])CCN(CC(=O)[O-])CC1)C(=O)C[C@@H](CO)C(=O)N[C@@H](CCCN=C(N)N)C(=O)O. The highest BCUT2D eigenvalue weighted by Gasteiger charge is 2.36. The molecule has 2 rings (SSSR count). The van der Waals surface area contributed by atoms with Gasteiger partial charge >= 0.3 is 11.9 Å². The maximum atomic E-state index is 13.8. The summed E-state index contributed by atoms with van der Waals surface area (Å²) in [6, 6.07) is -3.76. The lowest BCUT2D eigenvalue weighted by molar-refractivity contribution is -0.308. The summed E-state index contributed by atoms with van der Waals surface area (Å²) in [6.07, 6.45) is -1.49. The molecule has 4 amide bonds. The molecular formula is C44H70N11O17-3. The Hall–Kier alpha value is -6.36. The van der Waals surface area contributed by atoms with Crippen molar-refractivity contribution in [2.45, 2.75) is 83.3 Å². The van der Waals surface area contributed by atoms with E-state index in [9.17, 15) is 83.4 Å². The van der Waals surface area contributed by atoms with Crippen LogP contribution in [0.3, 0.4) is 0 Å². The van der Waals surface area contributed by atoms with E-state index in [4.69, 9.17) is 11.5 Å². The Bertz CT molecular complexity index is 1900. The van der Waals surface area contributed by atoms with Crippen LogP contribution in [0.5, 0.6) is 0 Å². The minimum atomic E-state index is -1.53. The molecule has 28 nitrogen and oxygen atoms in total. The van der Waals surface area contributed by atoms with Gasteiger partial charge < -0.3 is 77.3 Å². The van der Waals surface area contributed by atoms with Gasteiger partial charge in [-0.05, 0) is 38.0 Å². The quantitative estimate of drug-likeness (QED) is 0.0188. The molecule has 2 heterocycles. The molecular weight excluding hydrogens is 955 g/mol. The van der Waals surface area contributed by atoms with Crippen LogP contribution in [0.15, 0.2) is 4.99 Å². The van der Waals surface area contributed by atoms with Crippen LogP contribution in [0.1, 0.15) is 65.2 Å². The number of hydrogen-bond donors (Lipinski definition) is 8. The standard InChI is InChI=1S/C44H73N11O17/c1-27(2)17-32(34(58)19-29(26-56)41(69)49-31(43(71)72)5-3-7-47-44(45)46)50-40(68)28(20-36(60)61)18-30(57)21-48-42(70)33-6-4-8-55(33)35(59)22-51-9-11-52(23-37(62)63)13-15-54(25-39(66)67)16-14-53(12-10-51)24-38(64)65/h27-29,31-33,56H,3-26H2,1-2H3,(H,48,70)(H,49,69)(H,50,68)(H,60,61)(H,62,63)(H,64,65)(H,66,67)(H,71,72)(H4,45,46,47)/p-3/t28-,29-,31-,32-,33-/m0/s1. The smallest absolute Gasteiger partial charge is 0.326 e. The number of carbonyl (C=O) groups is 11. The van der Waals surface area contributed by atoms with E-state index in [1.165, 1.54) is 19.6 Å². The Morgan fingerprint density at radius 1 is 0.667 bits per heavy atom. The molecule has 2 fully saturated rings. The third-order valence-electron chi connectivity index (χ3n) is 12.0. The molecule has 0 aliphatic carbocycles. The Kier molecular flexibility index (Phi) is 27.3. The highest BCUT2D eigenvalue weighted by atomic mass is 16.4. The van der Waals surface area contributed by atoms with E-state index in [1.807, 2.05) is 0 Å². The van der Waals surface area contributed by atoms with Crippen molar-refractivity contribution in [1.29, 1.82) is 0 Å². The van der Waals surface area contributed by atoms with E-state index in [0.29, 0.717) is 6.42 Å². The number of carboxylic acids is 5. The monoisotopic (exact) mass is 1020 g/mol. The molecule has 0 bridgehead atoms. The highest BCUT2D eigenvalue weighted by molar-refractivity contribution is 5.97. The molecule has 72 heavy (non-hydrogen) atoms. The number of aliphatic carboxylic acids is 5. The summed E-state index contributed by atoms with van der Waals surface area (Å²) in [4.78, 5) is 150. The second-order valence-electron chi connectivity index (χ2n) is 18.3. The van der Waals surface area contributed by atoms with Crippen LogP contribution in [0, 0.1) is 17.8 Å². The molecule has 0 aromatic heterocycles. The Morgan fingerprint density at radius 2 is 1.15 bits per heavy atom. The van der Waals surface area contributed by atoms with Crippen LogP contribution in [0.4, 0.5) is 0 Å². The molecule has 28 heteroatoms. The predicted octanol–water partition coefficient (Wildman–Crippen LogP) is -8.66. The first-order valence-corrected chi connectivity index (χ1v) is 23.7. The van der Waals surface area contributed by atoms with Crippen molar-refractivity contribution in [3.63, 3.8) is 0 Å². The third-order valence-corrected chi connectivity index (χ3v) is 12.0. The summed E-state index contributed by atoms with van der Waals surface area (Å²) < 4.78 is 0. The fourth-order valence-electron chi connectivity index (χ4n) is 8.21. The first kappa shape index (κ1) is 61.8. The van der Waals surface area contributed by atoms with Gasteiger partial charge in [-0.1, -0.05) is 13.8 Å². The number of Topliss-reactive ketones (excluding diaryl/α,β-unsaturated/α-hetero) is 2. The van der Waals surface area contributed by atoms with E-state index >= 15 is 0 Å². The van der Waals surface area contributed by atoms with Gasteiger partial charge in [-0.3, -0.25) is 58.2 Å². The van der Waals surface area contributed by atoms with Crippen molar-refractivity contribution in [2.24, 2.45) is 34.2 Å². The van der Waals surface area contributed by atoms with Crippen LogP contribution in [-0.2, 0) is 52.7 Å². The van der Waals surface area contributed by atoms with E-state index in [1.54, 1.807) is 18.7 Å². The van der Waals surface area contributed by atoms with Crippen LogP contribution in [0.2, 0.25) is 0 Å². The lowest BCUT2D eigenvalue weighted by Gasteiger charge is -2.35. The van der Waals surface area contributed by atoms with Crippen molar-refractivity contribution in [3.05, 3.63) is 0 Å². The summed E-state index contributed by atoms with van der Waals surface area (Å²) >= 11 is 0. The van der Waals surface area contributed by atoms with Crippen molar-refractivity contribution in [1.82, 2.24) is 40.4 Å². The van der Waals surface area contributed by atoms with E-state index in [2.05, 4.69) is 20.9 Å². The number of amides is 4. The third kappa shape index (κ3) is 24.2. The van der Waals surface area contributed by atoms with Gasteiger partial charge in [-0.15, -0.1) is 0 Å². The van der Waals surface area contributed by atoms with Crippen LogP contribution >= 0.6 is 0 Å². The summed E-state index contributed by atoms with van der Waals surface area (Å²) in [5.41, 5.74) is 10.5. The number of likely N-dealkylation sites (tertiary alicyclic amines) is 1. The minimum Gasteiger partial charge on any atom is -0.549 e. The van der Waals surface area contributed by atoms with Gasteiger partial charge in [0.15, 0.2) is 17.5 Å². The number of nitrogens with one attached hydrogen (secondary N) is 3. The zero-order valence-electron chi connectivity index (χ0n) is 40.8. The molecule has 406 valence electrons. The second-order valence-corrected chi connectivity index (χ2v) is 18.3. The number of carbonyl (C=O) groups excluding carboxylic acids is 9. The first-order valence-electron chi connectivity index (χ1n) is 23.7. The van der Waals surface area contributed by atoms with Crippen LogP contribution in [-0.4, -0.2) is 234 Å². The van der Waals surface area contributed by atoms with Gasteiger partial charge in [0.1, 0.15) is 12.1 Å². The molecule has 2 aliphatic rings. The second kappa shape index (κ2) is 31.9. The Balaban J connectivity index is 2.13. The van der Waals surface area contributed by atoms with Gasteiger partial charge in [0, 0.05) is 97.9 Å². The van der Waals surface area contributed by atoms with E-state index in [-0.39, 0.29) is 110 Å². The number of aliphatic imine (C=N–C) groups is 1. The normalized spacial score (nSPS) is 18.3. The summed E-state index contributed by atoms with van der Waals surface area (Å²) in [5, 5.41) is 71.0. The average molecular weight is 1030 g/mol. The predicted molar refractivity (Wildman–Crippen MR) is 245 cm³/mol. The largest absolute Gasteiger partial charge is 0.549 e. The van der Waals surface area contributed by atoms with E-state index < -0.39 is 147 Å². The van der Waals surface area contributed by atoms with Crippen molar-refractivity contribution in [3.8, 4) is 0 Å². The Morgan fingerprint density at radius 3 is 1.60 bits per heavy atom. The summed E-state index contributed by atoms with van der Waals surface area (Å²) in [5.74, 6) is -15.1. The van der Waals surface area contributed by atoms with Crippen LogP contribution < -0.4 is 42.7 Å². The molecule has 5 atom stereocenters.